The minimum atomic E-state index is -0.162. The van der Waals surface area contributed by atoms with Crippen molar-refractivity contribution in [2.24, 2.45) is 5.92 Å². The van der Waals surface area contributed by atoms with Gasteiger partial charge in [-0.25, -0.2) is 4.79 Å². The number of urea groups is 1. The number of carbonyl (C=O) groups excluding carboxylic acids is 2. The third kappa shape index (κ3) is 6.23. The average Bonchev–Trinajstić information content (AvgIpc) is 2.77. The Balaban J connectivity index is 1.49. The lowest BCUT2D eigenvalue weighted by molar-refractivity contribution is -0.126. The fourth-order valence-corrected chi connectivity index (χ4v) is 4.13. The Bertz CT molecular complexity index is 899. The topological polar surface area (TPSA) is 64.7 Å². The number of hydrogen-bond donors (Lipinski definition) is 2. The normalized spacial score (nSPS) is 16.0. The number of amides is 3. The quantitative estimate of drug-likeness (QED) is 0.703. The van der Waals surface area contributed by atoms with Crippen LogP contribution >= 0.6 is 0 Å². The molecular formula is C25H34N4O2. The van der Waals surface area contributed by atoms with Gasteiger partial charge in [-0.15, -0.1) is 0 Å². The van der Waals surface area contributed by atoms with Crippen molar-refractivity contribution in [1.29, 1.82) is 0 Å². The van der Waals surface area contributed by atoms with Crippen LogP contribution in [0.1, 0.15) is 30.9 Å². The van der Waals surface area contributed by atoms with E-state index < -0.39 is 0 Å². The van der Waals surface area contributed by atoms with Crippen LogP contribution in [0.15, 0.2) is 48.5 Å². The molecule has 0 aliphatic carbocycles. The number of likely N-dealkylation sites (N-methyl/N-ethyl adjacent to an activating group) is 1. The molecule has 1 aliphatic heterocycles. The van der Waals surface area contributed by atoms with Crippen LogP contribution in [0.3, 0.4) is 0 Å². The van der Waals surface area contributed by atoms with E-state index in [1.54, 1.807) is 4.90 Å². The fraction of sp³-hybridized carbons (Fsp3) is 0.440. The van der Waals surface area contributed by atoms with Crippen molar-refractivity contribution in [2.75, 3.05) is 42.9 Å². The van der Waals surface area contributed by atoms with Crippen LogP contribution in [-0.2, 0) is 4.79 Å². The number of carbonyl (C=O) groups is 2. The molecule has 2 aromatic carbocycles. The van der Waals surface area contributed by atoms with E-state index in [0.29, 0.717) is 19.6 Å². The van der Waals surface area contributed by atoms with Crippen LogP contribution in [0.25, 0.3) is 0 Å². The average molecular weight is 423 g/mol. The zero-order chi connectivity index (χ0) is 22.2. The molecule has 1 fully saturated rings. The monoisotopic (exact) mass is 422 g/mol. The van der Waals surface area contributed by atoms with Gasteiger partial charge in [-0.3, -0.25) is 4.79 Å². The summed E-state index contributed by atoms with van der Waals surface area (Å²) in [4.78, 5) is 29.4. The van der Waals surface area contributed by atoms with Crippen LogP contribution in [-0.4, -0.2) is 49.6 Å². The Kier molecular flexibility index (Phi) is 7.93. The second kappa shape index (κ2) is 10.8. The highest BCUT2D eigenvalue weighted by Gasteiger charge is 2.28. The van der Waals surface area contributed by atoms with Gasteiger partial charge in [0.1, 0.15) is 0 Å². The van der Waals surface area contributed by atoms with E-state index in [-0.39, 0.29) is 17.9 Å². The number of benzene rings is 2. The summed E-state index contributed by atoms with van der Waals surface area (Å²) in [5.41, 5.74) is 4.32. The van der Waals surface area contributed by atoms with Gasteiger partial charge >= 0.3 is 6.03 Å². The van der Waals surface area contributed by atoms with E-state index in [1.165, 1.54) is 11.3 Å². The summed E-state index contributed by atoms with van der Waals surface area (Å²) in [7, 11) is 0. The molecule has 0 aromatic heterocycles. The Morgan fingerprint density at radius 3 is 2.68 bits per heavy atom. The van der Waals surface area contributed by atoms with Gasteiger partial charge in [-0.05, 0) is 62.9 Å². The summed E-state index contributed by atoms with van der Waals surface area (Å²) in [6, 6.07) is 15.9. The van der Waals surface area contributed by atoms with E-state index in [1.807, 2.05) is 43.3 Å². The molecule has 1 aliphatic rings. The molecule has 1 atom stereocenters. The first-order valence-electron chi connectivity index (χ1n) is 11.2. The maximum absolute atomic E-state index is 12.8. The lowest BCUT2D eigenvalue weighted by Gasteiger charge is -2.32. The van der Waals surface area contributed by atoms with Gasteiger partial charge < -0.3 is 20.4 Å². The number of rotatable bonds is 7. The molecule has 1 heterocycles. The van der Waals surface area contributed by atoms with Crippen molar-refractivity contribution >= 4 is 23.3 Å². The molecule has 0 radical (unpaired) electrons. The van der Waals surface area contributed by atoms with Crippen LogP contribution < -0.4 is 15.5 Å². The molecule has 0 saturated carbocycles. The summed E-state index contributed by atoms with van der Waals surface area (Å²) in [6.45, 7) is 9.60. The zero-order valence-corrected chi connectivity index (χ0v) is 18.9. The molecule has 3 amide bonds. The molecule has 1 saturated heterocycles. The summed E-state index contributed by atoms with van der Waals surface area (Å²) < 4.78 is 0. The summed E-state index contributed by atoms with van der Waals surface area (Å²) in [6.07, 6.45) is 1.65. The van der Waals surface area contributed by atoms with Crippen molar-refractivity contribution in [1.82, 2.24) is 10.2 Å². The molecule has 2 N–H and O–H groups in total. The smallest absolute Gasteiger partial charge is 0.321 e. The minimum absolute atomic E-state index is 0.0360. The molecule has 0 bridgehead atoms. The summed E-state index contributed by atoms with van der Waals surface area (Å²) >= 11 is 0. The van der Waals surface area contributed by atoms with Gasteiger partial charge in [0.25, 0.3) is 0 Å². The molecule has 31 heavy (non-hydrogen) atoms. The first kappa shape index (κ1) is 22.7. The number of para-hydroxylation sites is 1. The first-order chi connectivity index (χ1) is 15.0. The minimum Gasteiger partial charge on any atom is -0.370 e. The van der Waals surface area contributed by atoms with E-state index in [2.05, 4.69) is 41.5 Å². The van der Waals surface area contributed by atoms with E-state index in [9.17, 15) is 9.59 Å². The maximum atomic E-state index is 12.8. The van der Waals surface area contributed by atoms with Crippen LogP contribution in [0.2, 0.25) is 0 Å². The number of nitrogens with one attached hydrogen (secondary N) is 2. The molecule has 166 valence electrons. The van der Waals surface area contributed by atoms with Crippen molar-refractivity contribution in [3.8, 4) is 0 Å². The predicted molar refractivity (Wildman–Crippen MR) is 127 cm³/mol. The van der Waals surface area contributed by atoms with Crippen LogP contribution in [0.5, 0.6) is 0 Å². The third-order valence-electron chi connectivity index (χ3n) is 5.87. The number of hydrogen-bond acceptors (Lipinski definition) is 3. The van der Waals surface area contributed by atoms with Gasteiger partial charge in [-0.2, -0.15) is 0 Å². The molecule has 6 nitrogen and oxygen atoms in total. The lowest BCUT2D eigenvalue weighted by atomic mass is 9.97. The van der Waals surface area contributed by atoms with E-state index in [4.69, 9.17) is 0 Å². The van der Waals surface area contributed by atoms with Gasteiger partial charge in [0.2, 0.25) is 5.91 Å². The molecule has 2 aromatic rings. The van der Waals surface area contributed by atoms with Crippen molar-refractivity contribution in [2.45, 2.75) is 33.6 Å². The Labute approximate surface area is 185 Å². The second-order valence-electron chi connectivity index (χ2n) is 8.24. The van der Waals surface area contributed by atoms with Crippen LogP contribution in [0, 0.1) is 19.8 Å². The van der Waals surface area contributed by atoms with Crippen LogP contribution in [0.4, 0.5) is 16.2 Å². The number of aryl methyl sites for hydroxylation is 2. The Morgan fingerprint density at radius 1 is 1.13 bits per heavy atom. The highest BCUT2D eigenvalue weighted by Crippen LogP contribution is 2.20. The lowest BCUT2D eigenvalue weighted by Crippen LogP contribution is -2.47. The molecule has 0 spiro atoms. The van der Waals surface area contributed by atoms with E-state index in [0.717, 1.165) is 37.2 Å². The number of nitrogens with zero attached hydrogens (tertiary/aromatic N) is 2. The maximum Gasteiger partial charge on any atom is 0.321 e. The summed E-state index contributed by atoms with van der Waals surface area (Å²) in [5.74, 6) is -0.126. The third-order valence-corrected chi connectivity index (χ3v) is 5.87. The Hall–Kier alpha value is -3.02. The zero-order valence-electron chi connectivity index (χ0n) is 18.9. The van der Waals surface area contributed by atoms with Crippen molar-refractivity contribution < 1.29 is 9.59 Å². The van der Waals surface area contributed by atoms with Crippen molar-refractivity contribution in [3.63, 3.8) is 0 Å². The second-order valence-corrected chi connectivity index (χ2v) is 8.24. The Morgan fingerprint density at radius 2 is 1.94 bits per heavy atom. The highest BCUT2D eigenvalue weighted by atomic mass is 16.2. The van der Waals surface area contributed by atoms with Gasteiger partial charge in [0, 0.05) is 44.1 Å². The highest BCUT2D eigenvalue weighted by molar-refractivity contribution is 5.90. The molecule has 6 heteroatoms. The van der Waals surface area contributed by atoms with Crippen molar-refractivity contribution in [3.05, 3.63) is 59.7 Å². The molecular weight excluding hydrogens is 388 g/mol. The summed E-state index contributed by atoms with van der Waals surface area (Å²) in [5, 5.41) is 6.03. The molecule has 3 rings (SSSR count). The number of likely N-dealkylation sites (tertiary alicyclic amines) is 1. The van der Waals surface area contributed by atoms with Gasteiger partial charge in [-0.1, -0.05) is 30.3 Å². The largest absolute Gasteiger partial charge is 0.370 e. The molecule has 1 unspecified atom stereocenters. The number of piperidine rings is 1. The SMILES string of the molecule is CCN(CCNC(=O)C1CCCN(C(=O)Nc2cccc(C)c2)C1)c1ccccc1C. The van der Waals surface area contributed by atoms with Gasteiger partial charge in [0.05, 0.1) is 5.92 Å². The van der Waals surface area contributed by atoms with Gasteiger partial charge in [0.15, 0.2) is 0 Å². The first-order valence-corrected chi connectivity index (χ1v) is 11.2. The predicted octanol–water partition coefficient (Wildman–Crippen LogP) is 4.19. The van der Waals surface area contributed by atoms with E-state index >= 15 is 0 Å². The fourth-order valence-electron chi connectivity index (χ4n) is 4.13. The number of anilines is 2. The standard InChI is InChI=1S/C25H34N4O2/c1-4-28(23-13-6-5-10-20(23)3)16-14-26-24(30)21-11-8-15-29(18-21)25(31)27-22-12-7-9-19(2)17-22/h5-7,9-10,12-13,17,21H,4,8,11,14-16,18H2,1-3H3,(H,26,30)(H,27,31).